The monoisotopic (exact) mass is 448 g/mol. The Balaban J connectivity index is -0.00000132. The molecule has 0 aromatic heterocycles. The van der Waals surface area contributed by atoms with Gasteiger partial charge in [-0.25, -0.2) is 19.2 Å². The molecule has 2 rings (SSSR count). The van der Waals surface area contributed by atoms with Crippen LogP contribution in [0, 0.1) is 0 Å². The average molecular weight is 450 g/mol. The number of halogens is 4. The zero-order valence-corrected chi connectivity index (χ0v) is 15.6. The number of rotatable bonds is 4. The molecule has 26 heavy (non-hydrogen) atoms. The lowest BCUT2D eigenvalue weighted by atomic mass is 9.91. The van der Waals surface area contributed by atoms with Crippen LogP contribution >= 0.6 is 49.6 Å². The van der Waals surface area contributed by atoms with Gasteiger partial charge in [0.25, 0.3) is 0 Å². The first-order valence-electron chi connectivity index (χ1n) is 5.78. The molecule has 0 unspecified atom stereocenters. The molecule has 0 aliphatic carbocycles. The lowest BCUT2D eigenvalue weighted by molar-refractivity contribution is 0.0675. The smallest absolute Gasteiger partial charge is 0.336 e. The van der Waals surface area contributed by atoms with Crippen LogP contribution in [0.1, 0.15) is 41.4 Å². The van der Waals surface area contributed by atoms with Crippen molar-refractivity contribution in [1.29, 1.82) is 0 Å². The average Bonchev–Trinajstić information content (AvgIpc) is 2.43. The summed E-state index contributed by atoms with van der Waals surface area (Å²) in [5, 5.41) is 35.8. The predicted octanol–water partition coefficient (Wildman–Crippen LogP) is 3.32. The van der Waals surface area contributed by atoms with Crippen LogP contribution in [0.5, 0.6) is 0 Å². The van der Waals surface area contributed by atoms with E-state index in [0.29, 0.717) is 0 Å². The molecule has 144 valence electrons. The number of hydrogen-bond acceptors (Lipinski definition) is 4. The van der Waals surface area contributed by atoms with E-state index in [1.807, 2.05) is 0 Å². The van der Waals surface area contributed by atoms with Gasteiger partial charge in [-0.2, -0.15) is 0 Å². The number of hydrogen-bond donors (Lipinski definition) is 4. The normalized spacial score (nSPS) is 8.77. The molecule has 0 spiro atoms. The van der Waals surface area contributed by atoms with Crippen molar-refractivity contribution < 1.29 is 39.6 Å². The van der Waals surface area contributed by atoms with Gasteiger partial charge in [0.2, 0.25) is 0 Å². The molecule has 0 aliphatic rings. The van der Waals surface area contributed by atoms with Gasteiger partial charge in [0.05, 0.1) is 22.3 Å². The van der Waals surface area contributed by atoms with Gasteiger partial charge in [0.1, 0.15) is 0 Å². The van der Waals surface area contributed by atoms with Crippen molar-refractivity contribution >= 4 is 84.3 Å². The Labute approximate surface area is 170 Å². The molecule has 0 fully saturated rings. The quantitative estimate of drug-likeness (QED) is 0.555. The minimum absolute atomic E-state index is 0. The Morgan fingerprint density at radius 3 is 0.731 bits per heavy atom. The summed E-state index contributed by atoms with van der Waals surface area (Å²) in [5.41, 5.74) is -1.94. The maximum absolute atomic E-state index is 11.3. The minimum atomic E-state index is -1.49. The highest BCUT2D eigenvalue weighted by Crippen LogP contribution is 2.30. The minimum Gasteiger partial charge on any atom is -0.478 e. The molecule has 0 radical (unpaired) electrons. The highest BCUT2D eigenvalue weighted by atomic mass is 35.5. The van der Waals surface area contributed by atoms with Gasteiger partial charge in [-0.05, 0) is 24.3 Å². The molecule has 0 amide bonds. The summed E-state index contributed by atoms with van der Waals surface area (Å²) in [6, 6.07) is 3.75. The maximum atomic E-state index is 11.3. The number of carboxylic acid groups (broad SMARTS) is 4. The molecule has 0 atom stereocenters. The first-order valence-corrected chi connectivity index (χ1v) is 5.78. The summed E-state index contributed by atoms with van der Waals surface area (Å²) in [6.45, 7) is 0. The summed E-state index contributed by atoms with van der Waals surface area (Å²) >= 11 is 0. The molecule has 0 saturated carbocycles. The second-order valence-corrected chi connectivity index (χ2v) is 4.29. The first-order chi connectivity index (χ1) is 10.3. The van der Waals surface area contributed by atoms with Crippen molar-refractivity contribution in [2.24, 2.45) is 0 Å². The third-order valence-corrected chi connectivity index (χ3v) is 3.08. The topological polar surface area (TPSA) is 149 Å². The molecule has 2 aromatic carbocycles. The number of fused-ring (bicyclic) bond motifs is 1. The van der Waals surface area contributed by atoms with E-state index in [1.165, 1.54) is 0 Å². The van der Waals surface area contributed by atoms with E-state index in [1.54, 1.807) is 0 Å². The number of carbonyl (C=O) groups is 4. The third kappa shape index (κ3) is 4.89. The Morgan fingerprint density at radius 2 is 0.615 bits per heavy atom. The van der Waals surface area contributed by atoms with Crippen LogP contribution in [0.15, 0.2) is 24.3 Å². The number of benzene rings is 2. The molecule has 0 bridgehead atoms. The number of carboxylic acids is 4. The van der Waals surface area contributed by atoms with Crippen LogP contribution in [0.25, 0.3) is 10.8 Å². The highest BCUT2D eigenvalue weighted by Gasteiger charge is 2.24. The Hall–Kier alpha value is -2.26. The van der Waals surface area contributed by atoms with Gasteiger partial charge in [-0.3, -0.25) is 0 Å². The maximum Gasteiger partial charge on any atom is 0.336 e. The fraction of sp³-hybridized carbons (Fsp3) is 0. The van der Waals surface area contributed by atoms with E-state index < -0.39 is 56.9 Å². The standard InChI is InChI=1S/C14H8O8.4ClH/c15-11(16)5-1-2-6(12(17)18)10-8(14(21)22)4-3-7(9(5)10)13(19)20;;;;/h1-4H,(H,15,16)(H,17,18)(H,19,20)(H,21,22);4*1H. The van der Waals surface area contributed by atoms with Crippen molar-refractivity contribution in [2.75, 3.05) is 0 Å². The summed E-state index contributed by atoms with van der Waals surface area (Å²) in [6.07, 6.45) is 0. The Kier molecular flexibility index (Phi) is 11.7. The third-order valence-electron chi connectivity index (χ3n) is 3.08. The zero-order chi connectivity index (χ0) is 16.6. The van der Waals surface area contributed by atoms with E-state index in [0.717, 1.165) is 24.3 Å². The van der Waals surface area contributed by atoms with Crippen LogP contribution < -0.4 is 0 Å². The molecule has 0 aliphatic heterocycles. The van der Waals surface area contributed by atoms with Crippen LogP contribution in [0.3, 0.4) is 0 Å². The van der Waals surface area contributed by atoms with Crippen molar-refractivity contribution in [3.05, 3.63) is 46.5 Å². The van der Waals surface area contributed by atoms with E-state index in [-0.39, 0.29) is 49.6 Å². The molecular formula is C14H12Cl4O8. The van der Waals surface area contributed by atoms with E-state index >= 15 is 0 Å². The van der Waals surface area contributed by atoms with Crippen molar-refractivity contribution in [3.63, 3.8) is 0 Å². The van der Waals surface area contributed by atoms with Crippen LogP contribution in [0.4, 0.5) is 0 Å². The van der Waals surface area contributed by atoms with E-state index in [2.05, 4.69) is 0 Å². The molecule has 2 aromatic rings. The van der Waals surface area contributed by atoms with Crippen LogP contribution in [0.2, 0.25) is 0 Å². The van der Waals surface area contributed by atoms with Gasteiger partial charge in [0.15, 0.2) is 0 Å². The lowest BCUT2D eigenvalue weighted by Crippen LogP contribution is -2.11. The SMILES string of the molecule is Cl.Cl.Cl.Cl.O=C(O)c1ccc(C(=O)O)c2c(C(=O)O)ccc(C(=O)O)c12. The van der Waals surface area contributed by atoms with Crippen molar-refractivity contribution in [1.82, 2.24) is 0 Å². The van der Waals surface area contributed by atoms with Crippen molar-refractivity contribution in [3.8, 4) is 0 Å². The summed E-state index contributed by atoms with van der Waals surface area (Å²) in [7, 11) is 0. The lowest BCUT2D eigenvalue weighted by Gasteiger charge is -2.11. The van der Waals surface area contributed by atoms with E-state index in [4.69, 9.17) is 20.4 Å². The van der Waals surface area contributed by atoms with Crippen LogP contribution in [-0.4, -0.2) is 44.3 Å². The predicted molar refractivity (Wildman–Crippen MR) is 101 cm³/mol. The zero-order valence-electron chi connectivity index (χ0n) is 12.4. The van der Waals surface area contributed by atoms with Crippen molar-refractivity contribution in [2.45, 2.75) is 0 Å². The summed E-state index contributed by atoms with van der Waals surface area (Å²) in [4.78, 5) is 45.1. The fourth-order valence-corrected chi connectivity index (χ4v) is 2.21. The van der Waals surface area contributed by atoms with Crippen LogP contribution in [-0.2, 0) is 0 Å². The Bertz CT molecular complexity index is 728. The molecular weight excluding hydrogens is 438 g/mol. The summed E-state index contributed by atoms with van der Waals surface area (Å²) < 4.78 is 0. The fourth-order valence-electron chi connectivity index (χ4n) is 2.21. The largest absolute Gasteiger partial charge is 0.478 e. The number of aromatic carboxylic acids is 4. The summed E-state index contributed by atoms with van der Waals surface area (Å²) in [5.74, 6) is -5.97. The van der Waals surface area contributed by atoms with Gasteiger partial charge < -0.3 is 20.4 Å². The van der Waals surface area contributed by atoms with Gasteiger partial charge in [0, 0.05) is 10.8 Å². The Morgan fingerprint density at radius 1 is 0.462 bits per heavy atom. The van der Waals surface area contributed by atoms with Gasteiger partial charge in [-0.15, -0.1) is 49.6 Å². The van der Waals surface area contributed by atoms with Gasteiger partial charge in [-0.1, -0.05) is 0 Å². The van der Waals surface area contributed by atoms with E-state index in [9.17, 15) is 19.2 Å². The molecule has 0 saturated heterocycles. The molecule has 0 heterocycles. The second kappa shape index (κ2) is 10.7. The molecule has 8 nitrogen and oxygen atoms in total. The first kappa shape index (κ1) is 28.5. The molecule has 4 N–H and O–H groups in total. The molecule has 12 heteroatoms. The van der Waals surface area contributed by atoms with Gasteiger partial charge >= 0.3 is 23.9 Å². The second-order valence-electron chi connectivity index (χ2n) is 4.29. The highest BCUT2D eigenvalue weighted by molar-refractivity contribution is 6.21.